The predicted molar refractivity (Wildman–Crippen MR) is 78.8 cm³/mol. The molecule has 1 aliphatic carbocycles. The maximum atomic E-state index is 12.2. The van der Waals surface area contributed by atoms with Gasteiger partial charge in [-0.15, -0.1) is 0 Å². The van der Waals surface area contributed by atoms with Crippen molar-refractivity contribution in [2.24, 2.45) is 5.92 Å². The lowest BCUT2D eigenvalue weighted by molar-refractivity contribution is -0.125. The minimum atomic E-state index is 0.0541. The molecule has 0 spiro atoms. The van der Waals surface area contributed by atoms with Gasteiger partial charge in [0.05, 0.1) is 24.3 Å². The molecular formula is C15H21N5O. The second kappa shape index (κ2) is 5.71. The summed E-state index contributed by atoms with van der Waals surface area (Å²) < 4.78 is 1.93. The van der Waals surface area contributed by atoms with Gasteiger partial charge in [-0.25, -0.2) is 4.98 Å². The van der Waals surface area contributed by atoms with Crippen LogP contribution in [0.4, 0.5) is 0 Å². The quantitative estimate of drug-likeness (QED) is 0.885. The van der Waals surface area contributed by atoms with E-state index in [1.165, 1.54) is 0 Å². The Morgan fingerprint density at radius 3 is 3.14 bits per heavy atom. The average molecular weight is 287 g/mol. The lowest BCUT2D eigenvalue weighted by Crippen LogP contribution is -2.36. The molecule has 3 rings (SSSR count). The Morgan fingerprint density at radius 1 is 1.52 bits per heavy atom. The third-order valence-corrected chi connectivity index (χ3v) is 4.08. The summed E-state index contributed by atoms with van der Waals surface area (Å²) in [5, 5.41) is 7.42. The number of rotatable bonds is 4. The molecular weight excluding hydrogens is 266 g/mol. The Labute approximate surface area is 124 Å². The SMILES string of the molecule is Cc1cc(C)n(CCNC(=O)C2CCc3nc[nH]c3C2)n1. The zero-order valence-electron chi connectivity index (χ0n) is 12.5. The number of hydrogen-bond donors (Lipinski definition) is 2. The second-order valence-electron chi connectivity index (χ2n) is 5.71. The van der Waals surface area contributed by atoms with Crippen LogP contribution in [0.15, 0.2) is 12.4 Å². The molecule has 0 bridgehead atoms. The average Bonchev–Trinajstić information content (AvgIpc) is 3.04. The Bertz CT molecular complexity index is 642. The van der Waals surface area contributed by atoms with Crippen molar-refractivity contribution in [2.75, 3.05) is 6.54 Å². The molecule has 1 unspecified atom stereocenters. The van der Waals surface area contributed by atoms with Gasteiger partial charge in [-0.3, -0.25) is 9.48 Å². The van der Waals surface area contributed by atoms with E-state index in [2.05, 4.69) is 20.4 Å². The topological polar surface area (TPSA) is 75.6 Å². The number of aromatic nitrogens is 4. The van der Waals surface area contributed by atoms with Crippen LogP contribution in [0.3, 0.4) is 0 Å². The Hall–Kier alpha value is -2.11. The summed E-state index contributed by atoms with van der Waals surface area (Å²) in [5.74, 6) is 0.190. The number of aryl methyl sites for hydroxylation is 3. The molecule has 2 aromatic heterocycles. The van der Waals surface area contributed by atoms with Gasteiger partial charge in [0, 0.05) is 30.3 Å². The number of carbonyl (C=O) groups excluding carboxylic acids is 1. The smallest absolute Gasteiger partial charge is 0.223 e. The van der Waals surface area contributed by atoms with Crippen molar-refractivity contribution in [3.63, 3.8) is 0 Å². The van der Waals surface area contributed by atoms with Gasteiger partial charge >= 0.3 is 0 Å². The summed E-state index contributed by atoms with van der Waals surface area (Å²) in [6.45, 7) is 5.34. The standard InChI is InChI=1S/C15H21N5O/c1-10-7-11(2)20(19-10)6-5-16-15(21)12-3-4-13-14(8-12)18-9-17-13/h7,9,12H,3-6,8H2,1-2H3,(H,16,21)(H,17,18). The van der Waals surface area contributed by atoms with Gasteiger partial charge in [0.25, 0.3) is 0 Å². The summed E-state index contributed by atoms with van der Waals surface area (Å²) in [5.41, 5.74) is 4.36. The monoisotopic (exact) mass is 287 g/mol. The number of aromatic amines is 1. The molecule has 0 aromatic carbocycles. The largest absolute Gasteiger partial charge is 0.354 e. The summed E-state index contributed by atoms with van der Waals surface area (Å²) in [7, 11) is 0. The van der Waals surface area contributed by atoms with Crippen molar-refractivity contribution in [1.29, 1.82) is 0 Å². The van der Waals surface area contributed by atoms with E-state index in [1.807, 2.05) is 24.6 Å². The molecule has 6 heteroatoms. The van der Waals surface area contributed by atoms with E-state index < -0.39 is 0 Å². The molecule has 112 valence electrons. The van der Waals surface area contributed by atoms with Crippen molar-refractivity contribution >= 4 is 5.91 Å². The third-order valence-electron chi connectivity index (χ3n) is 4.08. The molecule has 0 radical (unpaired) electrons. The fourth-order valence-electron chi connectivity index (χ4n) is 2.96. The minimum absolute atomic E-state index is 0.0541. The number of nitrogens with one attached hydrogen (secondary N) is 2. The Morgan fingerprint density at radius 2 is 2.38 bits per heavy atom. The van der Waals surface area contributed by atoms with Gasteiger partial charge in [0.15, 0.2) is 0 Å². The zero-order chi connectivity index (χ0) is 14.8. The van der Waals surface area contributed by atoms with E-state index in [9.17, 15) is 4.79 Å². The molecule has 1 amide bonds. The summed E-state index contributed by atoms with van der Waals surface area (Å²) in [6.07, 6.45) is 4.24. The molecule has 6 nitrogen and oxygen atoms in total. The van der Waals surface area contributed by atoms with E-state index in [0.717, 1.165) is 42.0 Å². The number of carbonyl (C=O) groups is 1. The first-order chi connectivity index (χ1) is 10.1. The van der Waals surface area contributed by atoms with Crippen LogP contribution in [-0.4, -0.2) is 32.2 Å². The maximum absolute atomic E-state index is 12.2. The van der Waals surface area contributed by atoms with Crippen molar-refractivity contribution < 1.29 is 4.79 Å². The van der Waals surface area contributed by atoms with Crippen LogP contribution in [0.2, 0.25) is 0 Å². The number of fused-ring (bicyclic) bond motifs is 1. The van der Waals surface area contributed by atoms with Crippen LogP contribution >= 0.6 is 0 Å². The molecule has 0 fully saturated rings. The van der Waals surface area contributed by atoms with Crippen LogP contribution in [0.25, 0.3) is 0 Å². The highest BCUT2D eigenvalue weighted by Crippen LogP contribution is 2.22. The van der Waals surface area contributed by atoms with E-state index in [0.29, 0.717) is 13.1 Å². The van der Waals surface area contributed by atoms with Crippen LogP contribution in [0.5, 0.6) is 0 Å². The van der Waals surface area contributed by atoms with Gasteiger partial charge in [0.2, 0.25) is 5.91 Å². The lowest BCUT2D eigenvalue weighted by atomic mass is 9.89. The van der Waals surface area contributed by atoms with Crippen LogP contribution < -0.4 is 5.32 Å². The van der Waals surface area contributed by atoms with Crippen LogP contribution in [0, 0.1) is 19.8 Å². The number of imidazole rings is 1. The lowest BCUT2D eigenvalue weighted by Gasteiger charge is -2.20. The number of amides is 1. The van der Waals surface area contributed by atoms with E-state index in [-0.39, 0.29) is 11.8 Å². The molecule has 2 heterocycles. The predicted octanol–water partition coefficient (Wildman–Crippen LogP) is 1.14. The van der Waals surface area contributed by atoms with Gasteiger partial charge < -0.3 is 10.3 Å². The first-order valence-electron chi connectivity index (χ1n) is 7.43. The van der Waals surface area contributed by atoms with Crippen molar-refractivity contribution in [3.8, 4) is 0 Å². The van der Waals surface area contributed by atoms with Gasteiger partial charge in [-0.05, 0) is 32.8 Å². The first kappa shape index (κ1) is 13.9. The Balaban J connectivity index is 1.50. The highest BCUT2D eigenvalue weighted by molar-refractivity contribution is 5.79. The molecule has 0 aliphatic heterocycles. The summed E-state index contributed by atoms with van der Waals surface area (Å²) in [6, 6.07) is 2.04. The van der Waals surface area contributed by atoms with Crippen LogP contribution in [0.1, 0.15) is 29.2 Å². The van der Waals surface area contributed by atoms with Crippen molar-refractivity contribution in [2.45, 2.75) is 39.7 Å². The highest BCUT2D eigenvalue weighted by atomic mass is 16.1. The molecule has 1 atom stereocenters. The van der Waals surface area contributed by atoms with Gasteiger partial charge in [-0.2, -0.15) is 5.10 Å². The molecule has 0 saturated heterocycles. The molecule has 0 saturated carbocycles. The minimum Gasteiger partial charge on any atom is -0.354 e. The van der Waals surface area contributed by atoms with Crippen molar-refractivity contribution in [1.82, 2.24) is 25.1 Å². The van der Waals surface area contributed by atoms with Gasteiger partial charge in [-0.1, -0.05) is 0 Å². The van der Waals surface area contributed by atoms with Crippen LogP contribution in [-0.2, 0) is 24.2 Å². The fraction of sp³-hybridized carbons (Fsp3) is 0.533. The van der Waals surface area contributed by atoms with E-state index in [4.69, 9.17) is 0 Å². The molecule has 2 N–H and O–H groups in total. The number of hydrogen-bond acceptors (Lipinski definition) is 3. The van der Waals surface area contributed by atoms with E-state index in [1.54, 1.807) is 6.33 Å². The normalized spacial score (nSPS) is 17.5. The second-order valence-corrected chi connectivity index (χ2v) is 5.71. The highest BCUT2D eigenvalue weighted by Gasteiger charge is 2.25. The third kappa shape index (κ3) is 2.99. The zero-order valence-corrected chi connectivity index (χ0v) is 12.5. The van der Waals surface area contributed by atoms with Crippen molar-refractivity contribution in [3.05, 3.63) is 35.2 Å². The molecule has 21 heavy (non-hydrogen) atoms. The molecule has 2 aromatic rings. The van der Waals surface area contributed by atoms with Gasteiger partial charge in [0.1, 0.15) is 0 Å². The number of nitrogens with zero attached hydrogens (tertiary/aromatic N) is 3. The summed E-state index contributed by atoms with van der Waals surface area (Å²) in [4.78, 5) is 19.6. The number of H-pyrrole nitrogens is 1. The van der Waals surface area contributed by atoms with E-state index >= 15 is 0 Å². The maximum Gasteiger partial charge on any atom is 0.223 e. The first-order valence-corrected chi connectivity index (χ1v) is 7.43. The summed E-state index contributed by atoms with van der Waals surface area (Å²) >= 11 is 0. The molecule has 1 aliphatic rings. The fourth-order valence-corrected chi connectivity index (χ4v) is 2.96. The Kier molecular flexibility index (Phi) is 3.77.